The molecule has 94 heavy (non-hydrogen) atoms. The van der Waals surface area contributed by atoms with Gasteiger partial charge >= 0.3 is 35.9 Å². The summed E-state index contributed by atoms with van der Waals surface area (Å²) in [5.74, 6) is -5.21. The normalized spacial score (nSPS) is 26.4. The van der Waals surface area contributed by atoms with Gasteiger partial charge in [0.1, 0.15) is 55.9 Å². The van der Waals surface area contributed by atoms with Crippen molar-refractivity contribution in [1.29, 1.82) is 5.41 Å². The highest BCUT2D eigenvalue weighted by Gasteiger charge is 2.60. The van der Waals surface area contributed by atoms with Gasteiger partial charge < -0.3 is 76.1 Å². The lowest BCUT2D eigenvalue weighted by molar-refractivity contribution is -0.371. The van der Waals surface area contributed by atoms with E-state index in [1.807, 2.05) is 27.7 Å². The van der Waals surface area contributed by atoms with Crippen molar-refractivity contribution in [1.82, 2.24) is 5.32 Å². The third kappa shape index (κ3) is 21.6. The maximum Gasteiger partial charge on any atom is 0.407 e. The fraction of sp³-hybridized carbons (Fsp3) is 0.516. The van der Waals surface area contributed by atoms with Gasteiger partial charge in [0.2, 0.25) is 16.0 Å². The number of ether oxygens (including phenoxy) is 14. The first-order chi connectivity index (χ1) is 44.6. The number of nitrogens with one attached hydrogen (secondary N) is 2. The number of alkyl halides is 6. The molecule has 0 unspecified atom stereocenters. The van der Waals surface area contributed by atoms with Crippen LogP contribution in [0.25, 0.3) is 0 Å². The summed E-state index contributed by atoms with van der Waals surface area (Å²) in [7, 11) is -3.09. The average Bonchev–Trinajstić information content (AvgIpc) is 0.764. The minimum Gasteiger partial charge on any atom is -0.459 e. The highest BCUT2D eigenvalue weighted by molar-refractivity contribution is 6.76. The molecular weight excluding hydrogens is 1370 g/mol. The number of halogens is 6. The highest BCUT2D eigenvalue weighted by atomic mass is 35.6. The first kappa shape index (κ1) is 76.0. The Hall–Kier alpha value is -5.39. The van der Waals surface area contributed by atoms with E-state index in [4.69, 9.17) is 146 Å². The molecule has 4 aromatic rings. The monoisotopic (exact) mass is 1450 g/mol. The fourth-order valence-corrected chi connectivity index (χ4v) is 14.8. The molecule has 7 rings (SSSR count). The molecule has 15 atom stereocenters. The number of alkyl carbamates (subject to hydrolysis) is 1. The molecule has 3 fully saturated rings. The van der Waals surface area contributed by atoms with Crippen LogP contribution in [0.5, 0.6) is 0 Å². The lowest BCUT2D eigenvalue weighted by Crippen LogP contribution is -2.71. The van der Waals surface area contributed by atoms with Crippen LogP contribution in [0.1, 0.15) is 87.2 Å². The molecule has 514 valence electrons. The SMILES string of the molecule is CC[Si](CC)(O[C@H]1[C@@H](OC(C)=O)[C@@H](COC(=O)c2ccccc2)O[C@@H](O[C@H]2[C@H](O[C@@H]3O[C@@H](C)[C@@H](OC(C)=O)[C@@H](OC(C)=O)[C@@H]3OCc3ccccc3)[C@@H](NC(=O)OCC(Cl)(Cl)Cl)[C@H](OC(=N)C(Cl)(Cl)Cl)O[C@@H]2COCc2ccccc2)[C@@H]1OC(=O)c1ccccc1)C(C)C. The molecule has 1 amide bonds. The number of hydrogen-bond donors (Lipinski definition) is 2. The van der Waals surface area contributed by atoms with Crippen LogP contribution >= 0.6 is 69.6 Å². The van der Waals surface area contributed by atoms with E-state index in [-0.39, 0.29) is 29.9 Å². The van der Waals surface area contributed by atoms with E-state index in [1.54, 1.807) is 97.1 Å². The zero-order chi connectivity index (χ0) is 68.5. The second-order valence-corrected chi connectivity index (χ2v) is 32.2. The van der Waals surface area contributed by atoms with Crippen molar-refractivity contribution in [2.24, 2.45) is 0 Å². The quantitative estimate of drug-likeness (QED) is 0.0140. The third-order valence-corrected chi connectivity index (χ3v) is 21.6. The molecule has 23 nitrogen and oxygen atoms in total. The van der Waals surface area contributed by atoms with Crippen LogP contribution in [0.2, 0.25) is 17.6 Å². The van der Waals surface area contributed by atoms with E-state index in [2.05, 4.69) is 5.32 Å². The molecule has 0 aliphatic carbocycles. The first-order valence-electron chi connectivity index (χ1n) is 30.1. The number of esters is 5. The van der Waals surface area contributed by atoms with Gasteiger partial charge in [-0.3, -0.25) is 19.8 Å². The van der Waals surface area contributed by atoms with Crippen molar-refractivity contribution in [3.8, 4) is 0 Å². The van der Waals surface area contributed by atoms with Gasteiger partial charge in [-0.2, -0.15) is 0 Å². The smallest absolute Gasteiger partial charge is 0.407 e. The summed E-state index contributed by atoms with van der Waals surface area (Å²) in [5, 5.41) is 11.5. The Kier molecular flexibility index (Phi) is 28.5. The number of carbonyl (C=O) groups is 6. The van der Waals surface area contributed by atoms with Gasteiger partial charge in [0.05, 0.1) is 37.1 Å². The van der Waals surface area contributed by atoms with E-state index >= 15 is 0 Å². The Bertz CT molecular complexity index is 3120. The van der Waals surface area contributed by atoms with Crippen LogP contribution in [0, 0.1) is 5.41 Å². The van der Waals surface area contributed by atoms with Crippen molar-refractivity contribution in [2.45, 2.75) is 186 Å². The molecule has 0 aromatic heterocycles. The Morgan fingerprint density at radius 1 is 0.543 bits per heavy atom. The number of hydrogen-bond acceptors (Lipinski definition) is 22. The van der Waals surface area contributed by atoms with Crippen molar-refractivity contribution in [3.63, 3.8) is 0 Å². The van der Waals surface area contributed by atoms with Crippen LogP contribution in [-0.4, -0.2) is 170 Å². The van der Waals surface area contributed by atoms with Gasteiger partial charge in [0.25, 0.3) is 3.79 Å². The predicted octanol–water partition coefficient (Wildman–Crippen LogP) is 11.2. The molecule has 3 heterocycles. The zero-order valence-electron chi connectivity index (χ0n) is 52.6. The number of rotatable bonds is 27. The minimum absolute atomic E-state index is 0.0595. The minimum atomic E-state index is -3.09. The summed E-state index contributed by atoms with van der Waals surface area (Å²) in [6, 6.07) is 32.7. The fourth-order valence-electron chi connectivity index (χ4n) is 10.9. The van der Waals surface area contributed by atoms with Crippen molar-refractivity contribution >= 4 is 120 Å². The number of benzene rings is 4. The molecule has 2 N–H and O–H groups in total. The molecule has 4 aromatic carbocycles. The number of amides is 1. The molecule has 0 radical (unpaired) electrons. The Labute approximate surface area is 575 Å². The van der Waals surface area contributed by atoms with Gasteiger partial charge in [-0.1, -0.05) is 194 Å². The van der Waals surface area contributed by atoms with Gasteiger partial charge in [-0.15, -0.1) is 0 Å². The van der Waals surface area contributed by atoms with Crippen molar-refractivity contribution in [2.75, 3.05) is 19.8 Å². The molecule has 3 aliphatic rings. The van der Waals surface area contributed by atoms with E-state index in [1.165, 1.54) is 31.2 Å². The molecule has 0 spiro atoms. The lowest BCUT2D eigenvalue weighted by atomic mass is 9.94. The van der Waals surface area contributed by atoms with Gasteiger partial charge in [-0.25, -0.2) is 14.4 Å². The Morgan fingerprint density at radius 2 is 1.03 bits per heavy atom. The van der Waals surface area contributed by atoms with Crippen LogP contribution < -0.4 is 5.32 Å². The van der Waals surface area contributed by atoms with E-state index in [0.29, 0.717) is 23.2 Å². The molecule has 3 saturated heterocycles. The van der Waals surface area contributed by atoms with Crippen LogP contribution in [0.4, 0.5) is 4.79 Å². The largest absolute Gasteiger partial charge is 0.459 e. The number of carbonyl (C=O) groups excluding carboxylic acids is 6. The van der Waals surface area contributed by atoms with E-state index < -0.39 is 170 Å². The third-order valence-electron chi connectivity index (χ3n) is 15.5. The maximum atomic E-state index is 14.9. The van der Waals surface area contributed by atoms with E-state index in [9.17, 15) is 28.8 Å². The van der Waals surface area contributed by atoms with Crippen molar-refractivity contribution in [3.05, 3.63) is 144 Å². The summed E-state index contributed by atoms with van der Waals surface area (Å²) >= 11 is 37.2. The second kappa shape index (κ2) is 35.2. The molecule has 30 heteroatoms. The summed E-state index contributed by atoms with van der Waals surface area (Å²) in [6.45, 7) is 10.5. The topological polar surface area (TPSA) is 277 Å². The molecule has 0 saturated carbocycles. The van der Waals surface area contributed by atoms with Crippen molar-refractivity contribution < 1.29 is 99.5 Å². The van der Waals surface area contributed by atoms with Crippen LogP contribution in [-0.2, 0) is 98.3 Å². The molecule has 3 aliphatic heterocycles. The van der Waals surface area contributed by atoms with Crippen LogP contribution in [0.15, 0.2) is 121 Å². The molecular formula is C64H76Cl6N2O21Si. The van der Waals surface area contributed by atoms with E-state index in [0.717, 1.165) is 20.8 Å². The second-order valence-electron chi connectivity index (χ2n) is 22.5. The summed E-state index contributed by atoms with van der Waals surface area (Å²) < 4.78 is 92.5. The zero-order valence-corrected chi connectivity index (χ0v) is 58.1. The maximum absolute atomic E-state index is 14.9. The Morgan fingerprint density at radius 3 is 1.56 bits per heavy atom. The average molecular weight is 1450 g/mol. The van der Waals surface area contributed by atoms with Gasteiger partial charge in [0.15, 0.2) is 45.3 Å². The standard InChI is InChI=1S/C64H76Cl6N2O21Si/c1-9-94(10-2,36(3)4)93-53-50(85-39(7)74)46(34-81-56(76)43-27-19-13-20-28-43)88-60(55(53)89-57(77)44-29-21-14-22-30-44)90-49-45(33-79-31-41-23-15-11-16-24-41)87-58(92-61(71)64(68,69)70)47(72-62(78)82-35-63(65,66)67)51(49)91-59-54(80-32-42-25-17-12-18-26-42)52(86-40(8)75)48(37(5)83-59)84-38(6)73/h11-30,36-37,45-55,58-60,71H,9-10,31-35H2,1-8H3,(H,72,78)/t37-,45+,46+,47+,48+,49+,50-,51+,52+,53-,54-,55+,58-,59-,60-/m0/s1. The predicted molar refractivity (Wildman–Crippen MR) is 346 cm³/mol. The summed E-state index contributed by atoms with van der Waals surface area (Å²) in [4.78, 5) is 82.9. The molecule has 0 bridgehead atoms. The lowest BCUT2D eigenvalue weighted by Gasteiger charge is -2.52. The Balaban J connectivity index is 1.50. The summed E-state index contributed by atoms with van der Waals surface area (Å²) in [6.07, 6.45) is -24.4. The highest BCUT2D eigenvalue weighted by Crippen LogP contribution is 2.42. The van der Waals surface area contributed by atoms with Gasteiger partial charge in [0, 0.05) is 20.8 Å². The summed E-state index contributed by atoms with van der Waals surface area (Å²) in [5.41, 5.74) is 1.37. The first-order valence-corrected chi connectivity index (χ1v) is 34.8. The van der Waals surface area contributed by atoms with Crippen LogP contribution in [0.3, 0.4) is 0 Å². The van der Waals surface area contributed by atoms with Gasteiger partial charge in [-0.05, 0) is 59.9 Å².